The Kier molecular flexibility index (Phi) is 3.74. The van der Waals surface area contributed by atoms with Gasteiger partial charge in [-0.25, -0.2) is 0 Å². The van der Waals surface area contributed by atoms with Crippen molar-refractivity contribution in [2.45, 2.75) is 24.8 Å². The van der Waals surface area contributed by atoms with Crippen molar-refractivity contribution < 1.29 is 4.79 Å². The fourth-order valence-electron chi connectivity index (χ4n) is 3.88. The molecule has 2 aromatic carbocycles. The summed E-state index contributed by atoms with van der Waals surface area (Å²) in [5, 5.41) is 3.38. The number of halogens is 1. The van der Waals surface area contributed by atoms with Crippen LogP contribution in [0.4, 0.5) is 5.69 Å². The molecule has 4 rings (SSSR count). The maximum atomic E-state index is 13.3. The maximum Gasteiger partial charge on any atom is 0.238 e. The van der Waals surface area contributed by atoms with Gasteiger partial charge in [-0.15, -0.1) is 0 Å². The summed E-state index contributed by atoms with van der Waals surface area (Å²) in [6.45, 7) is 2.44. The minimum absolute atomic E-state index is 0.260. The topological polar surface area (TPSA) is 32.3 Å². The molecule has 0 bridgehead atoms. The number of carbonyl (C=O) groups excluding carboxylic acids is 1. The van der Waals surface area contributed by atoms with Gasteiger partial charge in [0.05, 0.1) is 12.0 Å². The van der Waals surface area contributed by atoms with Crippen molar-refractivity contribution in [1.29, 1.82) is 0 Å². The Morgan fingerprint density at radius 1 is 1.09 bits per heavy atom. The van der Waals surface area contributed by atoms with Crippen LogP contribution in [0.3, 0.4) is 0 Å². The van der Waals surface area contributed by atoms with Crippen LogP contribution >= 0.6 is 15.9 Å². The lowest BCUT2D eigenvalue weighted by Gasteiger charge is -2.33. The molecule has 1 spiro atoms. The number of anilines is 1. The fourth-order valence-corrected chi connectivity index (χ4v) is 4.22. The summed E-state index contributed by atoms with van der Waals surface area (Å²) < 4.78 is 1.02. The number of nitrogens with zero attached hydrogens (tertiary/aromatic N) is 1. The Labute approximate surface area is 144 Å². The number of benzene rings is 2. The predicted molar refractivity (Wildman–Crippen MR) is 95.6 cm³/mol. The Hall–Kier alpha value is -1.65. The summed E-state index contributed by atoms with van der Waals surface area (Å²) in [5.74, 6) is 0.260. The third kappa shape index (κ3) is 2.41. The molecular weight excluding hydrogens is 352 g/mol. The van der Waals surface area contributed by atoms with Gasteiger partial charge in [0.25, 0.3) is 0 Å². The predicted octanol–water partition coefficient (Wildman–Crippen LogP) is 3.62. The zero-order valence-electron chi connectivity index (χ0n) is 12.9. The van der Waals surface area contributed by atoms with Crippen LogP contribution in [0.5, 0.6) is 0 Å². The highest BCUT2D eigenvalue weighted by molar-refractivity contribution is 9.10. The molecule has 4 heteroatoms. The van der Waals surface area contributed by atoms with Crippen LogP contribution in [0.25, 0.3) is 0 Å². The molecule has 0 aliphatic carbocycles. The molecule has 0 saturated carbocycles. The maximum absolute atomic E-state index is 13.3. The van der Waals surface area contributed by atoms with Crippen LogP contribution < -0.4 is 10.2 Å². The summed E-state index contributed by atoms with van der Waals surface area (Å²) in [4.78, 5) is 15.3. The highest BCUT2D eigenvalue weighted by atomic mass is 79.9. The Balaban J connectivity index is 1.78. The molecular formula is C19H19BrN2O. The van der Waals surface area contributed by atoms with Crippen molar-refractivity contribution >= 4 is 27.5 Å². The third-order valence-electron chi connectivity index (χ3n) is 5.06. The van der Waals surface area contributed by atoms with E-state index in [-0.39, 0.29) is 11.3 Å². The molecule has 1 amide bonds. The van der Waals surface area contributed by atoms with Gasteiger partial charge in [0, 0.05) is 10.2 Å². The lowest BCUT2D eigenvalue weighted by Crippen LogP contribution is -2.47. The normalized spacial score (nSPS) is 19.2. The third-order valence-corrected chi connectivity index (χ3v) is 5.55. The SMILES string of the molecule is O=C1N(Cc2ccccc2)c2cc(Br)ccc2C12CCNCC2. The van der Waals surface area contributed by atoms with Crippen LogP contribution in [0, 0.1) is 0 Å². The van der Waals surface area contributed by atoms with Gasteiger partial charge in [-0.2, -0.15) is 0 Å². The van der Waals surface area contributed by atoms with Crippen molar-refractivity contribution in [3.05, 3.63) is 64.1 Å². The van der Waals surface area contributed by atoms with Gasteiger partial charge < -0.3 is 10.2 Å². The average molecular weight is 371 g/mol. The van der Waals surface area contributed by atoms with Crippen LogP contribution in [-0.4, -0.2) is 19.0 Å². The van der Waals surface area contributed by atoms with E-state index < -0.39 is 0 Å². The molecule has 3 nitrogen and oxygen atoms in total. The number of nitrogens with one attached hydrogen (secondary N) is 1. The quantitative estimate of drug-likeness (QED) is 0.875. The lowest BCUT2D eigenvalue weighted by molar-refractivity contribution is -0.124. The highest BCUT2D eigenvalue weighted by Gasteiger charge is 2.50. The van der Waals surface area contributed by atoms with Gasteiger partial charge in [0.2, 0.25) is 5.91 Å². The van der Waals surface area contributed by atoms with E-state index in [1.807, 2.05) is 23.1 Å². The summed E-state index contributed by atoms with van der Waals surface area (Å²) in [7, 11) is 0. The van der Waals surface area contributed by atoms with E-state index in [2.05, 4.69) is 51.6 Å². The first-order valence-electron chi connectivity index (χ1n) is 8.07. The van der Waals surface area contributed by atoms with E-state index >= 15 is 0 Å². The van der Waals surface area contributed by atoms with Gasteiger partial charge >= 0.3 is 0 Å². The van der Waals surface area contributed by atoms with Crippen LogP contribution in [0.1, 0.15) is 24.0 Å². The first kappa shape index (κ1) is 14.9. The monoisotopic (exact) mass is 370 g/mol. The van der Waals surface area contributed by atoms with Crippen molar-refractivity contribution in [2.24, 2.45) is 0 Å². The minimum Gasteiger partial charge on any atom is -0.317 e. The Morgan fingerprint density at radius 3 is 2.57 bits per heavy atom. The molecule has 0 unspecified atom stereocenters. The average Bonchev–Trinajstić information content (AvgIpc) is 2.79. The van der Waals surface area contributed by atoms with Crippen LogP contribution in [-0.2, 0) is 16.8 Å². The standard InChI is InChI=1S/C19H19BrN2O/c20-15-6-7-16-17(12-15)22(13-14-4-2-1-3-5-14)18(23)19(16)8-10-21-11-9-19/h1-7,12,21H,8-11,13H2. The molecule has 0 aromatic heterocycles. The Morgan fingerprint density at radius 2 is 1.83 bits per heavy atom. The number of hydrogen-bond donors (Lipinski definition) is 1. The first-order valence-corrected chi connectivity index (χ1v) is 8.87. The molecule has 1 N–H and O–H groups in total. The lowest BCUT2D eigenvalue weighted by atomic mass is 9.74. The van der Waals surface area contributed by atoms with E-state index in [9.17, 15) is 4.79 Å². The van der Waals surface area contributed by atoms with Crippen molar-refractivity contribution in [3.8, 4) is 0 Å². The zero-order valence-corrected chi connectivity index (χ0v) is 14.5. The number of rotatable bonds is 2. The summed E-state index contributed by atoms with van der Waals surface area (Å²) in [5.41, 5.74) is 3.09. The Bertz CT molecular complexity index is 738. The molecule has 2 aliphatic heterocycles. The van der Waals surface area contributed by atoms with E-state index in [1.165, 1.54) is 5.56 Å². The summed E-state index contributed by atoms with van der Waals surface area (Å²) in [6, 6.07) is 16.5. The number of hydrogen-bond acceptors (Lipinski definition) is 2. The summed E-state index contributed by atoms with van der Waals surface area (Å²) >= 11 is 3.56. The van der Waals surface area contributed by atoms with Gasteiger partial charge in [0.1, 0.15) is 0 Å². The second-order valence-corrected chi connectivity index (χ2v) is 7.29. The van der Waals surface area contributed by atoms with Gasteiger partial charge in [-0.05, 0) is 49.2 Å². The first-order chi connectivity index (χ1) is 11.2. The molecule has 118 valence electrons. The number of amides is 1. The van der Waals surface area contributed by atoms with Gasteiger partial charge in [-0.1, -0.05) is 52.3 Å². The van der Waals surface area contributed by atoms with E-state index in [1.54, 1.807) is 0 Å². The van der Waals surface area contributed by atoms with Crippen molar-refractivity contribution in [1.82, 2.24) is 5.32 Å². The molecule has 0 atom stereocenters. The zero-order chi connectivity index (χ0) is 15.9. The van der Waals surface area contributed by atoms with Crippen LogP contribution in [0.15, 0.2) is 53.0 Å². The number of carbonyl (C=O) groups is 1. The van der Waals surface area contributed by atoms with Crippen molar-refractivity contribution in [2.75, 3.05) is 18.0 Å². The molecule has 0 radical (unpaired) electrons. The largest absolute Gasteiger partial charge is 0.317 e. The second-order valence-electron chi connectivity index (χ2n) is 6.37. The van der Waals surface area contributed by atoms with Gasteiger partial charge in [0.15, 0.2) is 0 Å². The highest BCUT2D eigenvalue weighted by Crippen LogP contribution is 2.48. The second kappa shape index (κ2) is 5.77. The smallest absolute Gasteiger partial charge is 0.238 e. The molecule has 23 heavy (non-hydrogen) atoms. The van der Waals surface area contributed by atoms with E-state index in [4.69, 9.17) is 0 Å². The molecule has 2 aliphatic rings. The van der Waals surface area contributed by atoms with Crippen molar-refractivity contribution in [3.63, 3.8) is 0 Å². The molecule has 2 aromatic rings. The molecule has 2 heterocycles. The van der Waals surface area contributed by atoms with Crippen LogP contribution in [0.2, 0.25) is 0 Å². The molecule has 1 fully saturated rings. The van der Waals surface area contributed by atoms with E-state index in [0.29, 0.717) is 6.54 Å². The number of piperidine rings is 1. The summed E-state index contributed by atoms with van der Waals surface area (Å²) in [6.07, 6.45) is 1.76. The number of fused-ring (bicyclic) bond motifs is 2. The molecule has 1 saturated heterocycles. The van der Waals surface area contributed by atoms with E-state index in [0.717, 1.165) is 41.7 Å². The fraction of sp³-hybridized carbons (Fsp3) is 0.316. The minimum atomic E-state index is -0.337. The van der Waals surface area contributed by atoms with Gasteiger partial charge in [-0.3, -0.25) is 4.79 Å².